The number of nitrogens with zero attached hydrogens (tertiary/aromatic N) is 2. The maximum absolute atomic E-state index is 13.1. The molecule has 0 saturated carbocycles. The zero-order valence-corrected chi connectivity index (χ0v) is 13.3. The molecule has 1 saturated heterocycles. The van der Waals surface area contributed by atoms with E-state index in [-0.39, 0.29) is 5.82 Å². The number of hydrogen-bond donors (Lipinski definition) is 1. The number of hydrogen-bond acceptors (Lipinski definition) is 3. The van der Waals surface area contributed by atoms with Gasteiger partial charge in [-0.25, -0.2) is 4.39 Å². The van der Waals surface area contributed by atoms with Gasteiger partial charge in [-0.2, -0.15) is 0 Å². The number of nitrogens with one attached hydrogen (secondary N) is 1. The maximum atomic E-state index is 13.1. The molecule has 1 aromatic heterocycles. The molecule has 1 N–H and O–H groups in total. The highest BCUT2D eigenvalue weighted by Gasteiger charge is 2.24. The van der Waals surface area contributed by atoms with E-state index in [4.69, 9.17) is 0 Å². The van der Waals surface area contributed by atoms with Crippen molar-refractivity contribution in [3.05, 3.63) is 29.8 Å². The summed E-state index contributed by atoms with van der Waals surface area (Å²) in [7, 11) is 0. The third-order valence-electron chi connectivity index (χ3n) is 4.34. The van der Waals surface area contributed by atoms with Gasteiger partial charge in [-0.05, 0) is 50.9 Å². The Morgan fingerprint density at radius 2 is 2.29 bits per heavy atom. The summed E-state index contributed by atoms with van der Waals surface area (Å²) >= 11 is 0. The zero-order valence-electron chi connectivity index (χ0n) is 13.3. The van der Waals surface area contributed by atoms with Crippen molar-refractivity contribution in [2.45, 2.75) is 58.0 Å². The number of halogens is 1. The molecule has 0 amide bonds. The van der Waals surface area contributed by atoms with Crippen molar-refractivity contribution in [3.8, 4) is 0 Å². The maximum Gasteiger partial charge on any atom is 0.141 e. The number of unbranched alkanes of at least 4 members (excludes halogenated alkanes) is 1. The van der Waals surface area contributed by atoms with E-state index in [0.717, 1.165) is 31.7 Å². The van der Waals surface area contributed by atoms with Gasteiger partial charge in [0.15, 0.2) is 0 Å². The lowest BCUT2D eigenvalue weighted by Gasteiger charge is -2.33. The van der Waals surface area contributed by atoms with Crippen molar-refractivity contribution < 1.29 is 4.39 Å². The van der Waals surface area contributed by atoms with E-state index in [0.29, 0.717) is 12.1 Å². The molecule has 2 rings (SSSR count). The molecule has 2 unspecified atom stereocenters. The molecular formula is C17H28FN3. The summed E-state index contributed by atoms with van der Waals surface area (Å²) in [6.07, 6.45) is 7.28. The van der Waals surface area contributed by atoms with Crippen LogP contribution in [-0.4, -0.2) is 35.6 Å². The van der Waals surface area contributed by atoms with E-state index >= 15 is 0 Å². The van der Waals surface area contributed by atoms with Crippen LogP contribution in [0, 0.1) is 5.82 Å². The Labute approximate surface area is 127 Å². The van der Waals surface area contributed by atoms with Crippen LogP contribution in [0.5, 0.6) is 0 Å². The topological polar surface area (TPSA) is 28.2 Å². The van der Waals surface area contributed by atoms with Gasteiger partial charge in [0.1, 0.15) is 5.82 Å². The van der Waals surface area contributed by atoms with Crippen LogP contribution >= 0.6 is 0 Å². The minimum Gasteiger partial charge on any atom is -0.313 e. The van der Waals surface area contributed by atoms with E-state index in [9.17, 15) is 4.39 Å². The second-order valence-corrected chi connectivity index (χ2v) is 5.97. The Morgan fingerprint density at radius 3 is 2.86 bits per heavy atom. The summed E-state index contributed by atoms with van der Waals surface area (Å²) in [6, 6.07) is 4.25. The van der Waals surface area contributed by atoms with Crippen molar-refractivity contribution in [1.82, 2.24) is 15.2 Å². The first kappa shape index (κ1) is 16.4. The lowest BCUT2D eigenvalue weighted by Crippen LogP contribution is -2.40. The van der Waals surface area contributed by atoms with Gasteiger partial charge < -0.3 is 5.32 Å². The van der Waals surface area contributed by atoms with E-state index in [2.05, 4.69) is 29.0 Å². The van der Waals surface area contributed by atoms with Gasteiger partial charge in [-0.1, -0.05) is 20.3 Å². The van der Waals surface area contributed by atoms with Crippen LogP contribution in [0.4, 0.5) is 4.39 Å². The Kier molecular flexibility index (Phi) is 6.58. The molecule has 1 aliphatic heterocycles. The van der Waals surface area contributed by atoms with Gasteiger partial charge in [0.25, 0.3) is 0 Å². The van der Waals surface area contributed by atoms with Crippen LogP contribution in [0.15, 0.2) is 18.3 Å². The Balaban J connectivity index is 2.08. The molecule has 0 radical (unpaired) electrons. The molecular weight excluding hydrogens is 265 g/mol. The zero-order chi connectivity index (χ0) is 15.1. The highest BCUT2D eigenvalue weighted by molar-refractivity contribution is 5.10. The van der Waals surface area contributed by atoms with Crippen molar-refractivity contribution in [2.24, 2.45) is 0 Å². The number of rotatable bonds is 8. The highest BCUT2D eigenvalue weighted by Crippen LogP contribution is 2.24. The van der Waals surface area contributed by atoms with Gasteiger partial charge in [-0.15, -0.1) is 0 Å². The van der Waals surface area contributed by atoms with Gasteiger partial charge in [0, 0.05) is 12.6 Å². The second-order valence-electron chi connectivity index (χ2n) is 5.97. The minimum absolute atomic E-state index is 0.258. The van der Waals surface area contributed by atoms with Gasteiger partial charge in [0.05, 0.1) is 17.9 Å². The summed E-state index contributed by atoms with van der Waals surface area (Å²) in [5.41, 5.74) is 0.994. The first-order valence-corrected chi connectivity index (χ1v) is 8.33. The summed E-state index contributed by atoms with van der Waals surface area (Å²) in [4.78, 5) is 6.85. The summed E-state index contributed by atoms with van der Waals surface area (Å²) < 4.78 is 13.1. The molecule has 3 nitrogen and oxygen atoms in total. The van der Waals surface area contributed by atoms with Crippen molar-refractivity contribution in [3.63, 3.8) is 0 Å². The fourth-order valence-corrected chi connectivity index (χ4v) is 3.17. The Bertz CT molecular complexity index is 401. The molecule has 0 aromatic carbocycles. The van der Waals surface area contributed by atoms with Crippen LogP contribution in [0.1, 0.15) is 57.7 Å². The molecule has 1 aromatic rings. The average Bonchev–Trinajstić information content (AvgIpc) is 3.00. The first-order chi connectivity index (χ1) is 10.2. The number of aromatic nitrogens is 1. The SMILES string of the molecule is CCCCN(CC1CCCN1)C(CC)c1ccc(F)cn1. The van der Waals surface area contributed by atoms with E-state index in [1.54, 1.807) is 0 Å². The summed E-state index contributed by atoms with van der Waals surface area (Å²) in [5, 5.41) is 3.58. The molecule has 0 bridgehead atoms. The van der Waals surface area contributed by atoms with Crippen molar-refractivity contribution in [2.75, 3.05) is 19.6 Å². The third kappa shape index (κ3) is 4.75. The van der Waals surface area contributed by atoms with Crippen LogP contribution in [0.2, 0.25) is 0 Å². The van der Waals surface area contributed by atoms with Crippen molar-refractivity contribution >= 4 is 0 Å². The standard InChI is InChI=1S/C17H28FN3/c1-3-5-11-21(13-15-7-6-10-19-15)17(4-2)16-9-8-14(18)12-20-16/h8-9,12,15,17,19H,3-7,10-11,13H2,1-2H3. The number of pyridine rings is 1. The average molecular weight is 293 g/mol. The smallest absolute Gasteiger partial charge is 0.141 e. The molecule has 2 atom stereocenters. The fraction of sp³-hybridized carbons (Fsp3) is 0.706. The normalized spacial score (nSPS) is 20.1. The third-order valence-corrected chi connectivity index (χ3v) is 4.34. The monoisotopic (exact) mass is 293 g/mol. The van der Waals surface area contributed by atoms with E-state index in [1.165, 1.54) is 37.9 Å². The largest absolute Gasteiger partial charge is 0.313 e. The molecule has 1 aliphatic rings. The summed E-state index contributed by atoms with van der Waals surface area (Å²) in [6.45, 7) is 7.71. The van der Waals surface area contributed by atoms with Crippen LogP contribution in [0.3, 0.4) is 0 Å². The molecule has 0 aliphatic carbocycles. The van der Waals surface area contributed by atoms with E-state index in [1.807, 2.05) is 6.07 Å². The quantitative estimate of drug-likeness (QED) is 0.795. The first-order valence-electron chi connectivity index (χ1n) is 8.33. The van der Waals surface area contributed by atoms with Crippen LogP contribution < -0.4 is 5.32 Å². The predicted octanol–water partition coefficient (Wildman–Crippen LogP) is 3.53. The molecule has 4 heteroatoms. The molecule has 1 fully saturated rings. The molecule has 118 valence electrons. The summed E-state index contributed by atoms with van der Waals surface area (Å²) in [5.74, 6) is -0.258. The van der Waals surface area contributed by atoms with Gasteiger partial charge in [0.2, 0.25) is 0 Å². The van der Waals surface area contributed by atoms with Gasteiger partial charge >= 0.3 is 0 Å². The Morgan fingerprint density at radius 1 is 1.43 bits per heavy atom. The Hall–Kier alpha value is -1.00. The lowest BCUT2D eigenvalue weighted by molar-refractivity contribution is 0.169. The van der Waals surface area contributed by atoms with Gasteiger partial charge in [-0.3, -0.25) is 9.88 Å². The molecule has 21 heavy (non-hydrogen) atoms. The molecule has 2 heterocycles. The fourth-order valence-electron chi connectivity index (χ4n) is 3.17. The van der Waals surface area contributed by atoms with Crippen LogP contribution in [0.25, 0.3) is 0 Å². The second kappa shape index (κ2) is 8.44. The van der Waals surface area contributed by atoms with Crippen LogP contribution in [-0.2, 0) is 0 Å². The highest BCUT2D eigenvalue weighted by atomic mass is 19.1. The lowest BCUT2D eigenvalue weighted by atomic mass is 10.1. The predicted molar refractivity (Wildman–Crippen MR) is 84.7 cm³/mol. The van der Waals surface area contributed by atoms with Crippen molar-refractivity contribution in [1.29, 1.82) is 0 Å². The molecule has 0 spiro atoms. The van der Waals surface area contributed by atoms with E-state index < -0.39 is 0 Å². The minimum atomic E-state index is -0.258.